The first kappa shape index (κ1) is 14.4. The molecular weight excluding hydrogens is 216 g/mol. The quantitative estimate of drug-likeness (QED) is 0.630. The van der Waals surface area contributed by atoms with E-state index in [2.05, 4.69) is 15.1 Å². The third-order valence-corrected chi connectivity index (χ3v) is 3.17. The molecule has 0 aliphatic carbocycles. The Morgan fingerprint density at radius 2 is 1.76 bits per heavy atom. The van der Waals surface area contributed by atoms with Crippen molar-refractivity contribution < 1.29 is 4.79 Å². The van der Waals surface area contributed by atoms with E-state index < -0.39 is 0 Å². The molecule has 1 fully saturated rings. The van der Waals surface area contributed by atoms with E-state index in [-0.39, 0.29) is 5.91 Å². The summed E-state index contributed by atoms with van der Waals surface area (Å²) in [5, 5.41) is 2.83. The Hall–Kier alpha value is -0.650. The van der Waals surface area contributed by atoms with Gasteiger partial charge in [-0.3, -0.25) is 4.79 Å². The van der Waals surface area contributed by atoms with Gasteiger partial charge in [0.25, 0.3) is 0 Å². The Morgan fingerprint density at radius 1 is 1.18 bits per heavy atom. The summed E-state index contributed by atoms with van der Waals surface area (Å²) < 4.78 is 0. The van der Waals surface area contributed by atoms with Crippen LogP contribution in [0.4, 0.5) is 0 Å². The maximum Gasteiger partial charge on any atom is 0.221 e. The van der Waals surface area contributed by atoms with Crippen LogP contribution in [0.2, 0.25) is 0 Å². The molecule has 1 aliphatic rings. The lowest BCUT2D eigenvalue weighted by molar-refractivity contribution is -0.121. The number of hydrogen-bond donors (Lipinski definition) is 2. The number of carbonyl (C=O) groups is 1. The maximum absolute atomic E-state index is 11.3. The second-order valence-electron chi connectivity index (χ2n) is 4.53. The van der Waals surface area contributed by atoms with Crippen LogP contribution >= 0.6 is 0 Å². The Labute approximate surface area is 104 Å². The van der Waals surface area contributed by atoms with Crippen LogP contribution in [0.25, 0.3) is 0 Å². The van der Waals surface area contributed by atoms with Crippen molar-refractivity contribution >= 4 is 5.91 Å². The summed E-state index contributed by atoms with van der Waals surface area (Å²) in [5.74, 6) is 0.165. The van der Waals surface area contributed by atoms with Crippen LogP contribution in [0.3, 0.4) is 0 Å². The van der Waals surface area contributed by atoms with Gasteiger partial charge >= 0.3 is 0 Å². The SMILES string of the molecule is CCNC(=O)CCN1CCN(CCCN)CC1. The first-order valence-corrected chi connectivity index (χ1v) is 6.67. The zero-order valence-electron chi connectivity index (χ0n) is 11.0. The van der Waals surface area contributed by atoms with Crippen molar-refractivity contribution in [2.45, 2.75) is 19.8 Å². The molecule has 0 saturated carbocycles. The standard InChI is InChI=1S/C12H26N4O/c1-2-14-12(17)4-7-16-10-8-15(9-11-16)6-3-5-13/h2-11,13H2,1H3,(H,14,17). The topological polar surface area (TPSA) is 61.6 Å². The van der Waals surface area contributed by atoms with Gasteiger partial charge in [-0.2, -0.15) is 0 Å². The highest BCUT2D eigenvalue weighted by molar-refractivity contribution is 5.75. The fraction of sp³-hybridized carbons (Fsp3) is 0.917. The van der Waals surface area contributed by atoms with Crippen LogP contribution in [0.5, 0.6) is 0 Å². The molecule has 1 saturated heterocycles. The van der Waals surface area contributed by atoms with Crippen molar-refractivity contribution in [2.24, 2.45) is 5.73 Å². The van der Waals surface area contributed by atoms with E-state index in [9.17, 15) is 4.79 Å². The van der Waals surface area contributed by atoms with Crippen LogP contribution in [0.15, 0.2) is 0 Å². The Bertz CT molecular complexity index is 215. The second kappa shape index (κ2) is 8.44. The van der Waals surface area contributed by atoms with Crippen molar-refractivity contribution in [2.75, 3.05) is 52.4 Å². The molecule has 3 N–H and O–H groups in total. The second-order valence-corrected chi connectivity index (χ2v) is 4.53. The summed E-state index contributed by atoms with van der Waals surface area (Å²) in [6.45, 7) is 9.81. The van der Waals surface area contributed by atoms with Crippen LogP contribution < -0.4 is 11.1 Å². The summed E-state index contributed by atoms with van der Waals surface area (Å²) >= 11 is 0. The predicted octanol–water partition coefficient (Wildman–Crippen LogP) is -0.521. The Balaban J connectivity index is 2.08. The summed E-state index contributed by atoms with van der Waals surface area (Å²) in [7, 11) is 0. The number of piperazine rings is 1. The van der Waals surface area contributed by atoms with Gasteiger partial charge in [-0.25, -0.2) is 0 Å². The molecule has 0 aromatic rings. The molecule has 17 heavy (non-hydrogen) atoms. The largest absolute Gasteiger partial charge is 0.356 e. The molecule has 1 heterocycles. The zero-order valence-corrected chi connectivity index (χ0v) is 11.0. The molecule has 0 atom stereocenters. The summed E-state index contributed by atoms with van der Waals surface area (Å²) in [5.41, 5.74) is 5.50. The highest BCUT2D eigenvalue weighted by Crippen LogP contribution is 2.02. The first-order chi connectivity index (χ1) is 8.26. The van der Waals surface area contributed by atoms with Crippen LogP contribution in [-0.4, -0.2) is 68.1 Å². The molecule has 0 aromatic heterocycles. The smallest absolute Gasteiger partial charge is 0.221 e. The number of nitrogens with one attached hydrogen (secondary N) is 1. The van der Waals surface area contributed by atoms with Gasteiger partial charge in [0.2, 0.25) is 5.91 Å². The minimum absolute atomic E-state index is 0.165. The van der Waals surface area contributed by atoms with E-state index in [1.54, 1.807) is 0 Å². The normalized spacial score (nSPS) is 18.2. The van der Waals surface area contributed by atoms with E-state index in [4.69, 9.17) is 5.73 Å². The molecule has 1 aliphatic heterocycles. The molecule has 0 unspecified atom stereocenters. The molecule has 5 heteroatoms. The summed E-state index contributed by atoms with van der Waals surface area (Å²) in [4.78, 5) is 16.2. The van der Waals surface area contributed by atoms with Gasteiger partial charge in [0.15, 0.2) is 0 Å². The average Bonchev–Trinajstić information content (AvgIpc) is 2.35. The number of nitrogens with two attached hydrogens (primary N) is 1. The Kier molecular flexibility index (Phi) is 7.16. The van der Waals surface area contributed by atoms with Crippen molar-refractivity contribution in [3.63, 3.8) is 0 Å². The van der Waals surface area contributed by atoms with Gasteiger partial charge in [-0.05, 0) is 26.4 Å². The first-order valence-electron chi connectivity index (χ1n) is 6.67. The molecule has 1 amide bonds. The van der Waals surface area contributed by atoms with Gasteiger partial charge < -0.3 is 20.9 Å². The van der Waals surface area contributed by atoms with E-state index in [1.165, 1.54) is 0 Å². The summed E-state index contributed by atoms with van der Waals surface area (Å²) in [6.07, 6.45) is 1.70. The van der Waals surface area contributed by atoms with Crippen molar-refractivity contribution in [1.29, 1.82) is 0 Å². The predicted molar refractivity (Wildman–Crippen MR) is 69.9 cm³/mol. The number of amides is 1. The van der Waals surface area contributed by atoms with E-state index in [0.717, 1.165) is 58.8 Å². The monoisotopic (exact) mass is 242 g/mol. The molecular formula is C12H26N4O. The fourth-order valence-electron chi connectivity index (χ4n) is 2.10. The minimum atomic E-state index is 0.165. The minimum Gasteiger partial charge on any atom is -0.356 e. The van der Waals surface area contributed by atoms with Crippen molar-refractivity contribution in [3.05, 3.63) is 0 Å². The van der Waals surface area contributed by atoms with E-state index in [0.29, 0.717) is 6.42 Å². The molecule has 100 valence electrons. The van der Waals surface area contributed by atoms with Crippen molar-refractivity contribution in [1.82, 2.24) is 15.1 Å². The van der Waals surface area contributed by atoms with Crippen LogP contribution in [-0.2, 0) is 4.79 Å². The van der Waals surface area contributed by atoms with Crippen molar-refractivity contribution in [3.8, 4) is 0 Å². The number of hydrogen-bond acceptors (Lipinski definition) is 4. The van der Waals surface area contributed by atoms with Gasteiger partial charge in [0.1, 0.15) is 0 Å². The number of carbonyl (C=O) groups excluding carboxylic acids is 1. The average molecular weight is 242 g/mol. The lowest BCUT2D eigenvalue weighted by atomic mass is 10.2. The molecule has 0 bridgehead atoms. The van der Waals surface area contributed by atoms with Gasteiger partial charge in [0, 0.05) is 45.7 Å². The lowest BCUT2D eigenvalue weighted by Crippen LogP contribution is -2.47. The van der Waals surface area contributed by atoms with Gasteiger partial charge in [-0.1, -0.05) is 0 Å². The molecule has 0 spiro atoms. The van der Waals surface area contributed by atoms with Gasteiger partial charge in [0.05, 0.1) is 0 Å². The van der Waals surface area contributed by atoms with E-state index in [1.807, 2.05) is 6.92 Å². The lowest BCUT2D eigenvalue weighted by Gasteiger charge is -2.34. The molecule has 0 radical (unpaired) electrons. The van der Waals surface area contributed by atoms with Gasteiger partial charge in [-0.15, -0.1) is 0 Å². The Morgan fingerprint density at radius 3 is 2.29 bits per heavy atom. The van der Waals surface area contributed by atoms with E-state index >= 15 is 0 Å². The van der Waals surface area contributed by atoms with Crippen LogP contribution in [0, 0.1) is 0 Å². The third-order valence-electron chi connectivity index (χ3n) is 3.17. The number of rotatable bonds is 7. The molecule has 1 rings (SSSR count). The molecule has 5 nitrogen and oxygen atoms in total. The van der Waals surface area contributed by atoms with Crippen LogP contribution in [0.1, 0.15) is 19.8 Å². The highest BCUT2D eigenvalue weighted by atomic mass is 16.1. The highest BCUT2D eigenvalue weighted by Gasteiger charge is 2.16. The third kappa shape index (κ3) is 6.00. The number of nitrogens with zero attached hydrogens (tertiary/aromatic N) is 2. The maximum atomic E-state index is 11.3. The molecule has 0 aromatic carbocycles. The fourth-order valence-corrected chi connectivity index (χ4v) is 2.10. The zero-order chi connectivity index (χ0) is 12.5. The summed E-state index contributed by atoms with van der Waals surface area (Å²) in [6, 6.07) is 0.